The summed E-state index contributed by atoms with van der Waals surface area (Å²) in [5.41, 5.74) is -0.266. The zero-order valence-corrected chi connectivity index (χ0v) is 12.2. The van der Waals surface area contributed by atoms with Crippen molar-refractivity contribution >= 4 is 23.2 Å². The van der Waals surface area contributed by atoms with Crippen molar-refractivity contribution < 1.29 is 27.9 Å². The summed E-state index contributed by atoms with van der Waals surface area (Å²) < 4.78 is 37.6. The molecule has 5 nitrogen and oxygen atoms in total. The second-order valence-corrected chi connectivity index (χ2v) is 6.55. The number of carboxylic acid groups (broad SMARTS) is 1. The average Bonchev–Trinajstić information content (AvgIpc) is 3.00. The topological polar surface area (TPSA) is 70.5 Å². The SMILES string of the molecule is O=C(O)[C@H]1CN(C(=O)c2csc(C(F)(F)F)n2)C[C@@H]1C1CC1. The Hall–Kier alpha value is -1.64. The Labute approximate surface area is 127 Å². The number of aliphatic carboxylic acids is 1. The highest BCUT2D eigenvalue weighted by atomic mass is 32.1. The molecule has 0 spiro atoms. The molecule has 1 aromatic heterocycles. The van der Waals surface area contributed by atoms with E-state index in [1.54, 1.807) is 0 Å². The van der Waals surface area contributed by atoms with Crippen LogP contribution in [0, 0.1) is 17.8 Å². The molecule has 0 unspecified atom stereocenters. The molecule has 1 saturated heterocycles. The number of carbonyl (C=O) groups excluding carboxylic acids is 1. The van der Waals surface area contributed by atoms with Crippen molar-refractivity contribution in [1.82, 2.24) is 9.88 Å². The van der Waals surface area contributed by atoms with Gasteiger partial charge in [0.05, 0.1) is 5.92 Å². The third kappa shape index (κ3) is 2.81. The van der Waals surface area contributed by atoms with Gasteiger partial charge >= 0.3 is 12.1 Å². The number of carboxylic acids is 1. The van der Waals surface area contributed by atoms with Crippen LogP contribution in [-0.4, -0.2) is 40.0 Å². The molecule has 0 radical (unpaired) electrons. The zero-order chi connectivity index (χ0) is 16.1. The number of amides is 1. The third-order valence-electron chi connectivity index (χ3n) is 4.16. The Morgan fingerprint density at radius 3 is 2.50 bits per heavy atom. The summed E-state index contributed by atoms with van der Waals surface area (Å²) in [5, 5.41) is 9.25. The molecule has 1 N–H and O–H groups in total. The van der Waals surface area contributed by atoms with Crippen LogP contribution in [0.2, 0.25) is 0 Å². The molecule has 3 rings (SSSR count). The fourth-order valence-electron chi connectivity index (χ4n) is 2.92. The van der Waals surface area contributed by atoms with Gasteiger partial charge in [-0.05, 0) is 24.7 Å². The fraction of sp³-hybridized carbons (Fsp3) is 0.615. The minimum atomic E-state index is -4.58. The van der Waals surface area contributed by atoms with Gasteiger partial charge in [-0.2, -0.15) is 13.2 Å². The van der Waals surface area contributed by atoms with Gasteiger partial charge in [-0.15, -0.1) is 11.3 Å². The van der Waals surface area contributed by atoms with E-state index in [0.29, 0.717) is 17.3 Å². The number of nitrogens with zero attached hydrogens (tertiary/aromatic N) is 2. The van der Waals surface area contributed by atoms with Gasteiger partial charge in [0.25, 0.3) is 5.91 Å². The molecule has 1 aromatic rings. The monoisotopic (exact) mass is 334 g/mol. The lowest BCUT2D eigenvalue weighted by molar-refractivity contribution is -0.142. The van der Waals surface area contributed by atoms with Crippen LogP contribution >= 0.6 is 11.3 Å². The van der Waals surface area contributed by atoms with E-state index < -0.39 is 29.0 Å². The number of likely N-dealkylation sites (tertiary alicyclic amines) is 1. The number of aromatic nitrogens is 1. The van der Waals surface area contributed by atoms with Crippen molar-refractivity contribution in [2.45, 2.75) is 19.0 Å². The van der Waals surface area contributed by atoms with Crippen LogP contribution in [0.4, 0.5) is 13.2 Å². The number of thiazole rings is 1. The number of hydrogen-bond acceptors (Lipinski definition) is 4. The zero-order valence-electron chi connectivity index (χ0n) is 11.3. The lowest BCUT2D eigenvalue weighted by Gasteiger charge is -2.14. The quantitative estimate of drug-likeness (QED) is 0.921. The normalized spacial score (nSPS) is 25.5. The predicted octanol–water partition coefficient (Wildman–Crippen LogP) is 2.34. The van der Waals surface area contributed by atoms with Crippen molar-refractivity contribution in [3.8, 4) is 0 Å². The Morgan fingerprint density at radius 1 is 1.32 bits per heavy atom. The van der Waals surface area contributed by atoms with Crippen LogP contribution in [0.1, 0.15) is 28.3 Å². The molecule has 0 aromatic carbocycles. The van der Waals surface area contributed by atoms with Gasteiger partial charge in [0.1, 0.15) is 5.69 Å². The van der Waals surface area contributed by atoms with Crippen LogP contribution in [0.25, 0.3) is 0 Å². The van der Waals surface area contributed by atoms with Crippen molar-refractivity contribution in [2.75, 3.05) is 13.1 Å². The summed E-state index contributed by atoms with van der Waals surface area (Å²) in [6, 6.07) is 0. The Bertz CT molecular complexity index is 612. The molecule has 1 aliphatic heterocycles. The molecular formula is C13H13F3N2O3S. The van der Waals surface area contributed by atoms with Gasteiger partial charge in [0.2, 0.25) is 0 Å². The summed E-state index contributed by atoms with van der Waals surface area (Å²) in [5.74, 6) is -2.03. The highest BCUT2D eigenvalue weighted by Gasteiger charge is 2.47. The van der Waals surface area contributed by atoms with Gasteiger partial charge in [-0.25, -0.2) is 4.98 Å². The van der Waals surface area contributed by atoms with E-state index in [0.717, 1.165) is 18.2 Å². The number of alkyl halides is 3. The average molecular weight is 334 g/mol. The Morgan fingerprint density at radius 2 is 2.00 bits per heavy atom. The first-order valence-corrected chi connectivity index (χ1v) is 7.70. The fourth-order valence-corrected chi connectivity index (χ4v) is 3.58. The molecule has 1 amide bonds. The standard InChI is InChI=1S/C13H13F3N2O3S/c14-13(15,16)12-17-9(5-22-12)10(19)18-3-7(6-1-2-6)8(4-18)11(20)21/h5-8H,1-4H2,(H,20,21)/t7-,8+/m1/s1. The van der Waals surface area contributed by atoms with Gasteiger partial charge in [0.15, 0.2) is 5.01 Å². The lowest BCUT2D eigenvalue weighted by Crippen LogP contribution is -2.30. The maximum atomic E-state index is 12.5. The number of rotatable bonds is 3. The molecule has 2 atom stereocenters. The molecule has 120 valence electrons. The molecule has 1 aliphatic carbocycles. The molecule has 9 heteroatoms. The lowest BCUT2D eigenvalue weighted by atomic mass is 9.92. The van der Waals surface area contributed by atoms with E-state index in [2.05, 4.69) is 4.98 Å². The van der Waals surface area contributed by atoms with Gasteiger partial charge in [-0.3, -0.25) is 9.59 Å². The van der Waals surface area contributed by atoms with Gasteiger partial charge < -0.3 is 10.0 Å². The van der Waals surface area contributed by atoms with Crippen LogP contribution in [0.3, 0.4) is 0 Å². The van der Waals surface area contributed by atoms with Crippen molar-refractivity contribution in [3.05, 3.63) is 16.1 Å². The minimum Gasteiger partial charge on any atom is -0.481 e. The summed E-state index contributed by atoms with van der Waals surface area (Å²) in [6.45, 7) is 0.313. The smallest absolute Gasteiger partial charge is 0.443 e. The number of hydrogen-bond donors (Lipinski definition) is 1. The molecule has 2 aliphatic rings. The van der Waals surface area contributed by atoms with E-state index in [1.807, 2.05) is 0 Å². The number of carbonyl (C=O) groups is 2. The first kappa shape index (κ1) is 15.3. The molecular weight excluding hydrogens is 321 g/mol. The van der Waals surface area contributed by atoms with Crippen LogP contribution in [0.5, 0.6) is 0 Å². The largest absolute Gasteiger partial charge is 0.481 e. The minimum absolute atomic E-state index is 0.0359. The van der Waals surface area contributed by atoms with E-state index in [9.17, 15) is 27.9 Å². The van der Waals surface area contributed by atoms with Crippen molar-refractivity contribution in [2.24, 2.45) is 17.8 Å². The molecule has 2 heterocycles. The number of halogens is 3. The summed E-state index contributed by atoms with van der Waals surface area (Å²) in [6.07, 6.45) is -2.68. The van der Waals surface area contributed by atoms with Crippen LogP contribution in [-0.2, 0) is 11.0 Å². The molecule has 0 bridgehead atoms. The first-order valence-electron chi connectivity index (χ1n) is 6.82. The molecule has 2 fully saturated rings. The Kier molecular flexibility index (Phi) is 3.62. The highest BCUT2D eigenvalue weighted by Crippen LogP contribution is 2.44. The second kappa shape index (κ2) is 5.22. The van der Waals surface area contributed by atoms with E-state index in [4.69, 9.17) is 0 Å². The van der Waals surface area contributed by atoms with E-state index in [1.165, 1.54) is 4.90 Å². The van der Waals surface area contributed by atoms with E-state index >= 15 is 0 Å². The van der Waals surface area contributed by atoms with Crippen molar-refractivity contribution in [3.63, 3.8) is 0 Å². The summed E-state index contributed by atoms with van der Waals surface area (Å²) in [4.78, 5) is 28.2. The summed E-state index contributed by atoms with van der Waals surface area (Å²) in [7, 11) is 0. The second-order valence-electron chi connectivity index (χ2n) is 5.69. The van der Waals surface area contributed by atoms with E-state index in [-0.39, 0.29) is 24.7 Å². The third-order valence-corrected chi connectivity index (χ3v) is 5.05. The molecule has 1 saturated carbocycles. The first-order chi connectivity index (χ1) is 10.3. The maximum Gasteiger partial charge on any atom is 0.443 e. The molecule has 22 heavy (non-hydrogen) atoms. The van der Waals surface area contributed by atoms with Crippen LogP contribution in [0.15, 0.2) is 5.38 Å². The Balaban J connectivity index is 1.75. The predicted molar refractivity (Wildman–Crippen MR) is 70.4 cm³/mol. The summed E-state index contributed by atoms with van der Waals surface area (Å²) >= 11 is 0.370. The highest BCUT2D eigenvalue weighted by molar-refractivity contribution is 7.09. The van der Waals surface area contributed by atoms with Gasteiger partial charge in [0, 0.05) is 18.5 Å². The maximum absolute atomic E-state index is 12.5. The van der Waals surface area contributed by atoms with Crippen molar-refractivity contribution in [1.29, 1.82) is 0 Å². The van der Waals surface area contributed by atoms with Crippen LogP contribution < -0.4 is 0 Å². The van der Waals surface area contributed by atoms with Gasteiger partial charge in [-0.1, -0.05) is 0 Å².